The van der Waals surface area contributed by atoms with Crippen molar-refractivity contribution in [3.05, 3.63) is 42.1 Å². The second-order valence-electron chi connectivity index (χ2n) is 7.78. The Labute approximate surface area is 181 Å². The molecule has 3 aromatic rings. The minimum absolute atomic E-state index is 0.326. The standard InChI is InChI=1S/C23H26N4O2S/c1-28-22-8-6-7-21-26-14-18(27(21)22)16-11-19(17(13-24)20(12-16)30-2)29-15-23(25)9-4-3-5-10-23/h6-8,11-12,14H,3-5,9-10,15,25H2,1-2H3. The van der Waals surface area contributed by atoms with Gasteiger partial charge in [0.25, 0.3) is 0 Å². The molecule has 0 saturated heterocycles. The van der Waals surface area contributed by atoms with Gasteiger partial charge in [-0.1, -0.05) is 25.3 Å². The highest BCUT2D eigenvalue weighted by Gasteiger charge is 2.29. The van der Waals surface area contributed by atoms with E-state index in [2.05, 4.69) is 11.1 Å². The lowest BCUT2D eigenvalue weighted by Gasteiger charge is -2.33. The number of fused-ring (bicyclic) bond motifs is 1. The van der Waals surface area contributed by atoms with Gasteiger partial charge >= 0.3 is 0 Å². The molecule has 0 amide bonds. The Morgan fingerprint density at radius 3 is 2.77 bits per heavy atom. The van der Waals surface area contributed by atoms with Crippen molar-refractivity contribution in [2.45, 2.75) is 42.5 Å². The summed E-state index contributed by atoms with van der Waals surface area (Å²) < 4.78 is 13.7. The third kappa shape index (κ3) is 3.85. The molecule has 1 fully saturated rings. The number of imidazole rings is 1. The molecule has 0 spiro atoms. The molecule has 1 aliphatic rings. The SMILES string of the molecule is COc1cccc2ncc(-c3cc(OCC4(N)CCCCC4)c(C#N)c(SC)c3)n12. The van der Waals surface area contributed by atoms with E-state index in [-0.39, 0.29) is 5.54 Å². The first-order valence-electron chi connectivity index (χ1n) is 10.1. The fourth-order valence-corrected chi connectivity index (χ4v) is 4.71. The van der Waals surface area contributed by atoms with Gasteiger partial charge in [0.1, 0.15) is 29.6 Å². The van der Waals surface area contributed by atoms with Gasteiger partial charge in [-0.25, -0.2) is 4.98 Å². The van der Waals surface area contributed by atoms with E-state index in [1.165, 1.54) is 18.2 Å². The van der Waals surface area contributed by atoms with Gasteiger partial charge in [0.2, 0.25) is 0 Å². The maximum atomic E-state index is 9.79. The Bertz CT molecular complexity index is 1100. The summed E-state index contributed by atoms with van der Waals surface area (Å²) in [7, 11) is 1.64. The number of thioether (sulfide) groups is 1. The topological polar surface area (TPSA) is 85.6 Å². The Morgan fingerprint density at radius 2 is 2.07 bits per heavy atom. The molecular formula is C23H26N4O2S. The first kappa shape index (κ1) is 20.6. The molecule has 30 heavy (non-hydrogen) atoms. The molecule has 0 unspecified atom stereocenters. The van der Waals surface area contributed by atoms with Crippen LogP contribution >= 0.6 is 11.8 Å². The predicted octanol–water partition coefficient (Wildman–Crippen LogP) is 4.64. The maximum Gasteiger partial charge on any atom is 0.199 e. The van der Waals surface area contributed by atoms with Gasteiger partial charge in [-0.15, -0.1) is 11.8 Å². The first-order valence-corrected chi connectivity index (χ1v) is 11.4. The van der Waals surface area contributed by atoms with Crippen molar-refractivity contribution < 1.29 is 9.47 Å². The quantitative estimate of drug-likeness (QED) is 0.582. The molecule has 1 saturated carbocycles. The highest BCUT2D eigenvalue weighted by atomic mass is 32.2. The van der Waals surface area contributed by atoms with Crippen molar-refractivity contribution >= 4 is 17.4 Å². The Kier molecular flexibility index (Phi) is 5.89. The van der Waals surface area contributed by atoms with Crippen molar-refractivity contribution in [2.75, 3.05) is 20.0 Å². The van der Waals surface area contributed by atoms with Crippen LogP contribution in [0.1, 0.15) is 37.7 Å². The minimum atomic E-state index is -0.326. The van der Waals surface area contributed by atoms with Crippen LogP contribution in [0.2, 0.25) is 0 Å². The molecule has 2 N–H and O–H groups in total. The summed E-state index contributed by atoms with van der Waals surface area (Å²) >= 11 is 1.53. The Balaban J connectivity index is 1.77. The molecule has 156 valence electrons. The van der Waals surface area contributed by atoms with E-state index in [1.54, 1.807) is 7.11 Å². The zero-order valence-corrected chi connectivity index (χ0v) is 18.2. The molecular weight excluding hydrogens is 396 g/mol. The van der Waals surface area contributed by atoms with Gasteiger partial charge in [0, 0.05) is 10.5 Å². The van der Waals surface area contributed by atoms with E-state index >= 15 is 0 Å². The molecule has 0 atom stereocenters. The molecule has 1 aromatic carbocycles. The van der Waals surface area contributed by atoms with Crippen LogP contribution in [0.3, 0.4) is 0 Å². The summed E-state index contributed by atoms with van der Waals surface area (Å²) in [6, 6.07) is 12.0. The second-order valence-corrected chi connectivity index (χ2v) is 8.63. The molecule has 2 heterocycles. The number of nitrogens with zero attached hydrogens (tertiary/aromatic N) is 3. The van der Waals surface area contributed by atoms with Gasteiger partial charge in [-0.3, -0.25) is 4.40 Å². The van der Waals surface area contributed by atoms with Crippen molar-refractivity contribution in [3.8, 4) is 29.0 Å². The fourth-order valence-electron chi connectivity index (χ4n) is 4.11. The number of benzene rings is 1. The number of nitriles is 1. The average molecular weight is 423 g/mol. The Hall–Kier alpha value is -2.69. The van der Waals surface area contributed by atoms with Crippen LogP contribution in [-0.2, 0) is 0 Å². The van der Waals surface area contributed by atoms with Crippen LogP contribution in [0, 0.1) is 11.3 Å². The van der Waals surface area contributed by atoms with Crippen LogP contribution in [0.4, 0.5) is 0 Å². The summed E-state index contributed by atoms with van der Waals surface area (Å²) in [5.74, 6) is 1.26. The number of methoxy groups -OCH3 is 1. The molecule has 0 bridgehead atoms. The van der Waals surface area contributed by atoms with Crippen molar-refractivity contribution in [3.63, 3.8) is 0 Å². The number of nitrogens with two attached hydrogens (primary N) is 1. The van der Waals surface area contributed by atoms with E-state index in [0.29, 0.717) is 23.8 Å². The number of aromatic nitrogens is 2. The molecule has 4 rings (SSSR count). The predicted molar refractivity (Wildman–Crippen MR) is 119 cm³/mol. The smallest absolute Gasteiger partial charge is 0.199 e. The average Bonchev–Trinajstić information content (AvgIpc) is 3.22. The van der Waals surface area contributed by atoms with E-state index < -0.39 is 0 Å². The molecule has 2 aromatic heterocycles. The summed E-state index contributed by atoms with van der Waals surface area (Å²) in [5, 5.41) is 9.79. The summed E-state index contributed by atoms with van der Waals surface area (Å²) in [4.78, 5) is 5.38. The molecule has 0 radical (unpaired) electrons. The zero-order valence-electron chi connectivity index (χ0n) is 17.4. The number of hydrogen-bond acceptors (Lipinski definition) is 6. The van der Waals surface area contributed by atoms with Crippen LogP contribution < -0.4 is 15.2 Å². The van der Waals surface area contributed by atoms with Crippen LogP contribution in [0.5, 0.6) is 11.6 Å². The van der Waals surface area contributed by atoms with Gasteiger partial charge in [-0.2, -0.15) is 5.26 Å². The van der Waals surface area contributed by atoms with E-state index in [9.17, 15) is 5.26 Å². The normalized spacial score (nSPS) is 15.7. The summed E-state index contributed by atoms with van der Waals surface area (Å²) in [6.07, 6.45) is 9.17. The lowest BCUT2D eigenvalue weighted by atomic mass is 9.83. The zero-order chi connectivity index (χ0) is 21.1. The van der Waals surface area contributed by atoms with E-state index in [4.69, 9.17) is 15.2 Å². The van der Waals surface area contributed by atoms with Crippen molar-refractivity contribution in [2.24, 2.45) is 5.73 Å². The number of ether oxygens (including phenoxy) is 2. The minimum Gasteiger partial charge on any atom is -0.490 e. The molecule has 6 nitrogen and oxygen atoms in total. The lowest BCUT2D eigenvalue weighted by Crippen LogP contribution is -2.47. The third-order valence-corrected chi connectivity index (χ3v) is 6.52. The molecule has 0 aliphatic heterocycles. The van der Waals surface area contributed by atoms with Crippen molar-refractivity contribution in [1.29, 1.82) is 5.26 Å². The summed E-state index contributed by atoms with van der Waals surface area (Å²) in [5.41, 5.74) is 9.39. The molecule has 1 aliphatic carbocycles. The largest absolute Gasteiger partial charge is 0.490 e. The first-order chi connectivity index (χ1) is 14.6. The highest BCUT2D eigenvalue weighted by Crippen LogP contribution is 2.37. The van der Waals surface area contributed by atoms with Crippen LogP contribution in [-0.4, -0.2) is 34.9 Å². The number of hydrogen-bond donors (Lipinski definition) is 1. The lowest BCUT2D eigenvalue weighted by molar-refractivity contribution is 0.173. The van der Waals surface area contributed by atoms with E-state index in [0.717, 1.165) is 47.5 Å². The van der Waals surface area contributed by atoms with E-state index in [1.807, 2.05) is 47.2 Å². The fraction of sp³-hybridized carbons (Fsp3) is 0.391. The monoisotopic (exact) mass is 422 g/mol. The number of rotatable bonds is 6. The van der Waals surface area contributed by atoms with Crippen LogP contribution in [0.25, 0.3) is 16.9 Å². The highest BCUT2D eigenvalue weighted by molar-refractivity contribution is 7.98. The number of pyridine rings is 1. The van der Waals surface area contributed by atoms with Crippen LogP contribution in [0.15, 0.2) is 41.4 Å². The second kappa shape index (κ2) is 8.58. The van der Waals surface area contributed by atoms with Gasteiger partial charge in [0.05, 0.1) is 24.5 Å². The maximum absolute atomic E-state index is 9.79. The Morgan fingerprint density at radius 1 is 1.27 bits per heavy atom. The molecule has 7 heteroatoms. The van der Waals surface area contributed by atoms with Gasteiger partial charge in [-0.05, 0) is 43.4 Å². The summed E-state index contributed by atoms with van der Waals surface area (Å²) in [6.45, 7) is 0.412. The van der Waals surface area contributed by atoms with Crippen molar-refractivity contribution in [1.82, 2.24) is 9.38 Å². The van der Waals surface area contributed by atoms with Gasteiger partial charge < -0.3 is 15.2 Å². The third-order valence-electron chi connectivity index (χ3n) is 5.76. The van der Waals surface area contributed by atoms with Gasteiger partial charge in [0.15, 0.2) is 5.88 Å².